The predicted molar refractivity (Wildman–Crippen MR) is 94.0 cm³/mol. The number of methoxy groups -OCH3 is 1. The van der Waals surface area contributed by atoms with Crippen LogP contribution >= 0.6 is 0 Å². The molecule has 1 aromatic carbocycles. The summed E-state index contributed by atoms with van der Waals surface area (Å²) < 4.78 is 11.2. The van der Waals surface area contributed by atoms with Crippen molar-refractivity contribution in [3.63, 3.8) is 0 Å². The lowest BCUT2D eigenvalue weighted by atomic mass is 9.92. The molecule has 5 heteroatoms. The molecule has 2 atom stereocenters. The molecule has 3 rings (SSSR count). The van der Waals surface area contributed by atoms with Crippen molar-refractivity contribution in [1.29, 1.82) is 0 Å². The molecule has 24 heavy (non-hydrogen) atoms. The standard InChI is InChI=1S/C19H24N2O3/c1-12-8-13(2)11-21(10-12)19(22)17-7-6-16(24-17)15-5-4-14(20)9-18(15)23-3/h4-7,9,12-13H,8,10-11,20H2,1-3H3/t12-,13-/m1/s1. The van der Waals surface area contributed by atoms with Gasteiger partial charge in [-0.2, -0.15) is 0 Å². The van der Waals surface area contributed by atoms with Gasteiger partial charge in [-0.25, -0.2) is 0 Å². The van der Waals surface area contributed by atoms with Crippen LogP contribution in [0.1, 0.15) is 30.8 Å². The van der Waals surface area contributed by atoms with E-state index in [1.807, 2.05) is 11.0 Å². The first-order chi connectivity index (χ1) is 11.5. The largest absolute Gasteiger partial charge is 0.496 e. The van der Waals surface area contributed by atoms with E-state index < -0.39 is 0 Å². The highest BCUT2D eigenvalue weighted by molar-refractivity contribution is 5.92. The van der Waals surface area contributed by atoms with E-state index in [2.05, 4.69) is 13.8 Å². The second kappa shape index (κ2) is 6.59. The van der Waals surface area contributed by atoms with Crippen molar-refractivity contribution in [1.82, 2.24) is 4.90 Å². The lowest BCUT2D eigenvalue weighted by Crippen LogP contribution is -2.42. The molecule has 0 saturated carbocycles. The van der Waals surface area contributed by atoms with Gasteiger partial charge in [0.05, 0.1) is 12.7 Å². The van der Waals surface area contributed by atoms with E-state index in [-0.39, 0.29) is 5.91 Å². The zero-order valence-electron chi connectivity index (χ0n) is 14.4. The minimum absolute atomic E-state index is 0.0472. The van der Waals surface area contributed by atoms with Crippen LogP contribution in [0.2, 0.25) is 0 Å². The fourth-order valence-corrected chi connectivity index (χ4v) is 3.49. The van der Waals surface area contributed by atoms with Gasteiger partial charge in [0.2, 0.25) is 0 Å². The number of likely N-dealkylation sites (tertiary alicyclic amines) is 1. The summed E-state index contributed by atoms with van der Waals surface area (Å²) in [6.07, 6.45) is 1.16. The van der Waals surface area contributed by atoms with Crippen molar-refractivity contribution >= 4 is 11.6 Å². The Labute approximate surface area is 142 Å². The number of carbonyl (C=O) groups is 1. The molecule has 1 saturated heterocycles. The highest BCUT2D eigenvalue weighted by atomic mass is 16.5. The van der Waals surface area contributed by atoms with Gasteiger partial charge in [0.1, 0.15) is 11.5 Å². The zero-order chi connectivity index (χ0) is 17.3. The van der Waals surface area contributed by atoms with Gasteiger partial charge >= 0.3 is 0 Å². The minimum atomic E-state index is -0.0472. The van der Waals surface area contributed by atoms with E-state index in [4.69, 9.17) is 14.9 Å². The number of nitrogens with zero attached hydrogens (tertiary/aromatic N) is 1. The Hall–Kier alpha value is -2.43. The normalized spacial score (nSPS) is 20.9. The highest BCUT2D eigenvalue weighted by Crippen LogP contribution is 2.33. The second-order valence-corrected chi connectivity index (χ2v) is 6.78. The molecule has 1 aliphatic rings. The number of piperidine rings is 1. The predicted octanol–water partition coefficient (Wildman–Crippen LogP) is 3.66. The molecule has 0 bridgehead atoms. The summed E-state index contributed by atoms with van der Waals surface area (Å²) in [4.78, 5) is 14.6. The van der Waals surface area contributed by atoms with Gasteiger partial charge in [-0.3, -0.25) is 4.79 Å². The van der Waals surface area contributed by atoms with Crippen molar-refractivity contribution in [2.75, 3.05) is 25.9 Å². The van der Waals surface area contributed by atoms with Crippen molar-refractivity contribution in [2.45, 2.75) is 20.3 Å². The first kappa shape index (κ1) is 16.4. The fourth-order valence-electron chi connectivity index (χ4n) is 3.49. The molecule has 1 aliphatic heterocycles. The van der Waals surface area contributed by atoms with E-state index in [0.29, 0.717) is 34.8 Å². The Morgan fingerprint density at radius 1 is 1.21 bits per heavy atom. The number of nitrogen functional groups attached to an aromatic ring is 1. The molecule has 0 radical (unpaired) electrons. The number of anilines is 1. The maximum absolute atomic E-state index is 12.7. The molecular formula is C19H24N2O3. The van der Waals surface area contributed by atoms with E-state index in [0.717, 1.165) is 25.1 Å². The Morgan fingerprint density at radius 2 is 1.92 bits per heavy atom. The molecule has 0 spiro atoms. The number of benzene rings is 1. The summed E-state index contributed by atoms with van der Waals surface area (Å²) in [6.45, 7) is 5.93. The quantitative estimate of drug-likeness (QED) is 0.873. The van der Waals surface area contributed by atoms with Gasteiger partial charge in [-0.05, 0) is 42.5 Å². The van der Waals surface area contributed by atoms with Crippen molar-refractivity contribution in [3.8, 4) is 17.1 Å². The van der Waals surface area contributed by atoms with Gasteiger partial charge in [0.15, 0.2) is 5.76 Å². The summed E-state index contributed by atoms with van der Waals surface area (Å²) in [5.41, 5.74) is 7.19. The summed E-state index contributed by atoms with van der Waals surface area (Å²) in [5.74, 6) is 2.59. The van der Waals surface area contributed by atoms with Crippen LogP contribution < -0.4 is 10.5 Å². The van der Waals surface area contributed by atoms with Crippen LogP contribution in [0.25, 0.3) is 11.3 Å². The van der Waals surface area contributed by atoms with Crippen LogP contribution in [-0.4, -0.2) is 31.0 Å². The topological polar surface area (TPSA) is 68.7 Å². The summed E-state index contributed by atoms with van der Waals surface area (Å²) >= 11 is 0. The zero-order valence-corrected chi connectivity index (χ0v) is 14.4. The molecule has 2 N–H and O–H groups in total. The number of hydrogen-bond acceptors (Lipinski definition) is 4. The van der Waals surface area contributed by atoms with Crippen molar-refractivity contribution in [3.05, 3.63) is 36.1 Å². The lowest BCUT2D eigenvalue weighted by molar-refractivity contribution is 0.0592. The fraction of sp³-hybridized carbons (Fsp3) is 0.421. The molecule has 2 heterocycles. The minimum Gasteiger partial charge on any atom is -0.496 e. The molecule has 128 valence electrons. The number of hydrogen-bond donors (Lipinski definition) is 1. The molecular weight excluding hydrogens is 304 g/mol. The van der Waals surface area contributed by atoms with Crippen LogP contribution in [0.5, 0.6) is 5.75 Å². The van der Waals surface area contributed by atoms with E-state index in [1.54, 1.807) is 31.4 Å². The maximum atomic E-state index is 12.7. The van der Waals surface area contributed by atoms with Crippen LogP contribution in [0.4, 0.5) is 5.69 Å². The SMILES string of the molecule is COc1cc(N)ccc1-c1ccc(C(=O)N2C[C@H](C)C[C@@H](C)C2)o1. The number of nitrogens with two attached hydrogens (primary N) is 1. The van der Waals surface area contributed by atoms with Gasteiger partial charge in [-0.15, -0.1) is 0 Å². The van der Waals surface area contributed by atoms with Crippen LogP contribution in [-0.2, 0) is 0 Å². The third kappa shape index (κ3) is 3.25. The Kier molecular flexibility index (Phi) is 4.51. The first-order valence-corrected chi connectivity index (χ1v) is 8.31. The number of amides is 1. The Balaban J connectivity index is 1.84. The van der Waals surface area contributed by atoms with Crippen molar-refractivity contribution < 1.29 is 13.9 Å². The molecule has 1 amide bonds. The highest BCUT2D eigenvalue weighted by Gasteiger charge is 2.28. The van der Waals surface area contributed by atoms with Crippen LogP contribution in [0, 0.1) is 11.8 Å². The molecule has 0 unspecified atom stereocenters. The summed E-state index contributed by atoms with van der Waals surface area (Å²) in [7, 11) is 1.59. The number of furan rings is 1. The molecule has 0 aliphatic carbocycles. The van der Waals surface area contributed by atoms with Crippen molar-refractivity contribution in [2.24, 2.45) is 11.8 Å². The molecule has 1 fully saturated rings. The lowest BCUT2D eigenvalue weighted by Gasteiger charge is -2.34. The number of rotatable bonds is 3. The van der Waals surface area contributed by atoms with Crippen LogP contribution in [0.3, 0.4) is 0 Å². The van der Waals surface area contributed by atoms with E-state index in [9.17, 15) is 4.79 Å². The third-order valence-electron chi connectivity index (χ3n) is 4.46. The number of carbonyl (C=O) groups excluding carboxylic acids is 1. The average molecular weight is 328 g/mol. The second-order valence-electron chi connectivity index (χ2n) is 6.78. The summed E-state index contributed by atoms with van der Waals surface area (Å²) in [6, 6.07) is 8.91. The van der Waals surface area contributed by atoms with Crippen LogP contribution in [0.15, 0.2) is 34.7 Å². The monoisotopic (exact) mass is 328 g/mol. The van der Waals surface area contributed by atoms with E-state index >= 15 is 0 Å². The third-order valence-corrected chi connectivity index (χ3v) is 4.46. The Morgan fingerprint density at radius 3 is 2.58 bits per heavy atom. The van der Waals surface area contributed by atoms with Gasteiger partial charge in [0.25, 0.3) is 5.91 Å². The van der Waals surface area contributed by atoms with Gasteiger partial charge in [0, 0.05) is 24.8 Å². The molecule has 5 nitrogen and oxygen atoms in total. The van der Waals surface area contributed by atoms with Gasteiger partial charge in [-0.1, -0.05) is 13.8 Å². The smallest absolute Gasteiger partial charge is 0.289 e. The number of ether oxygens (including phenoxy) is 1. The summed E-state index contributed by atoms with van der Waals surface area (Å²) in [5, 5.41) is 0. The molecule has 2 aromatic rings. The Bertz CT molecular complexity index is 728. The molecule has 1 aromatic heterocycles. The van der Waals surface area contributed by atoms with E-state index in [1.165, 1.54) is 0 Å². The maximum Gasteiger partial charge on any atom is 0.289 e. The average Bonchev–Trinajstić information content (AvgIpc) is 3.02. The first-order valence-electron chi connectivity index (χ1n) is 8.31. The van der Waals surface area contributed by atoms with Gasteiger partial charge < -0.3 is 19.8 Å².